The van der Waals surface area contributed by atoms with Crippen LogP contribution in [0.4, 0.5) is 0 Å². The Kier molecular flexibility index (Phi) is 6.49. The van der Waals surface area contributed by atoms with Gasteiger partial charge in [-0.25, -0.2) is 0 Å². The molecule has 0 saturated carbocycles. The molecule has 1 atom stereocenters. The van der Waals surface area contributed by atoms with E-state index < -0.39 is 15.9 Å². The number of aliphatic hydroxyl groups is 5. The first-order valence-corrected chi connectivity index (χ1v) is 5.62. The molecule has 0 aliphatic rings. The summed E-state index contributed by atoms with van der Waals surface area (Å²) in [5.41, 5.74) is -1.33. The molecular weight excluding hydrogens is 317 g/mol. The predicted molar refractivity (Wildman–Crippen MR) is 62.4 cm³/mol. The highest BCUT2D eigenvalue weighted by Gasteiger charge is 2.47. The van der Waals surface area contributed by atoms with E-state index in [9.17, 15) is 15.3 Å². The van der Waals surface area contributed by atoms with Gasteiger partial charge in [-0.15, -0.1) is 0 Å². The van der Waals surface area contributed by atoms with Crippen LogP contribution in [0.3, 0.4) is 0 Å². The van der Waals surface area contributed by atoms with Crippen molar-refractivity contribution < 1.29 is 25.5 Å². The predicted octanol–water partition coefficient (Wildman–Crippen LogP) is -1.90. The van der Waals surface area contributed by atoms with Gasteiger partial charge >= 0.3 is 0 Å². The molecular formula is C8H18INO5. The lowest BCUT2D eigenvalue weighted by Crippen LogP contribution is -2.63. The minimum absolute atomic E-state index is 0.142. The standard InChI is InChI=1S/C8H18INO5/c1-7(6-13,8(9,14)15)10(2-4-11)3-5-12/h11-15H,2-6H2,1H3. The Hall–Kier alpha value is 0.490. The molecule has 0 aliphatic heterocycles. The minimum Gasteiger partial charge on any atom is -0.395 e. The maximum Gasteiger partial charge on any atom is 0.237 e. The highest BCUT2D eigenvalue weighted by atomic mass is 127. The normalized spacial score (nSPS) is 16.8. The average molecular weight is 335 g/mol. The SMILES string of the molecule is CC(CO)(N(CCO)CCO)C(O)(O)I. The summed E-state index contributed by atoms with van der Waals surface area (Å²) in [6.07, 6.45) is 0. The van der Waals surface area contributed by atoms with E-state index in [0.29, 0.717) is 0 Å². The van der Waals surface area contributed by atoms with Crippen LogP contribution in [0, 0.1) is 0 Å². The molecule has 0 aromatic carbocycles. The third kappa shape index (κ3) is 3.77. The van der Waals surface area contributed by atoms with Gasteiger partial charge < -0.3 is 25.5 Å². The smallest absolute Gasteiger partial charge is 0.237 e. The first kappa shape index (κ1) is 15.5. The quantitative estimate of drug-likeness (QED) is 0.211. The number of aliphatic hydroxyl groups excluding tert-OH is 3. The molecule has 7 heteroatoms. The van der Waals surface area contributed by atoms with Crippen LogP contribution in [0.5, 0.6) is 0 Å². The van der Waals surface area contributed by atoms with E-state index in [2.05, 4.69) is 0 Å². The van der Waals surface area contributed by atoms with Crippen LogP contribution in [-0.4, -0.2) is 72.7 Å². The van der Waals surface area contributed by atoms with Gasteiger partial charge in [-0.05, 0) is 29.5 Å². The fraction of sp³-hybridized carbons (Fsp3) is 1.00. The number of β-amino-alcohol motifs (C(OH)–C–C–N with tert-alkyl or cyclic N) is 2. The van der Waals surface area contributed by atoms with Crippen molar-refractivity contribution in [3.8, 4) is 0 Å². The van der Waals surface area contributed by atoms with Crippen molar-refractivity contribution in [3.05, 3.63) is 0 Å². The third-order valence-electron chi connectivity index (χ3n) is 2.43. The number of hydrogen-bond acceptors (Lipinski definition) is 6. The van der Waals surface area contributed by atoms with Crippen molar-refractivity contribution in [1.82, 2.24) is 4.90 Å². The summed E-state index contributed by atoms with van der Waals surface area (Å²) in [5.74, 6) is 0. The molecule has 0 aliphatic carbocycles. The zero-order valence-corrected chi connectivity index (χ0v) is 10.8. The van der Waals surface area contributed by atoms with Gasteiger partial charge in [0.1, 0.15) is 5.54 Å². The van der Waals surface area contributed by atoms with Crippen LogP contribution >= 0.6 is 22.6 Å². The molecule has 0 heterocycles. The third-order valence-corrected chi connectivity index (χ3v) is 3.59. The first-order valence-electron chi connectivity index (χ1n) is 4.54. The number of nitrogens with zero attached hydrogens (tertiary/aromatic N) is 1. The van der Waals surface area contributed by atoms with E-state index in [-0.39, 0.29) is 26.3 Å². The van der Waals surface area contributed by atoms with Crippen LogP contribution in [-0.2, 0) is 0 Å². The van der Waals surface area contributed by atoms with Crippen molar-refractivity contribution in [2.45, 2.75) is 16.3 Å². The van der Waals surface area contributed by atoms with Gasteiger partial charge in [-0.1, -0.05) is 0 Å². The second-order valence-electron chi connectivity index (χ2n) is 3.45. The Morgan fingerprint density at radius 3 is 1.67 bits per heavy atom. The van der Waals surface area contributed by atoms with Crippen molar-refractivity contribution in [2.24, 2.45) is 0 Å². The fourth-order valence-electron chi connectivity index (χ4n) is 1.25. The van der Waals surface area contributed by atoms with Gasteiger partial charge in [0.15, 0.2) is 0 Å². The van der Waals surface area contributed by atoms with Crippen LogP contribution < -0.4 is 0 Å². The number of rotatable bonds is 7. The van der Waals surface area contributed by atoms with Gasteiger partial charge in [-0.3, -0.25) is 4.90 Å². The lowest BCUT2D eigenvalue weighted by Gasteiger charge is -2.44. The largest absolute Gasteiger partial charge is 0.395 e. The highest BCUT2D eigenvalue weighted by molar-refractivity contribution is 14.1. The molecule has 0 radical (unpaired) electrons. The Morgan fingerprint density at radius 1 is 1.07 bits per heavy atom. The molecule has 0 spiro atoms. The van der Waals surface area contributed by atoms with E-state index in [0.717, 1.165) is 0 Å². The van der Waals surface area contributed by atoms with E-state index >= 15 is 0 Å². The molecule has 5 N–H and O–H groups in total. The van der Waals surface area contributed by atoms with Crippen LogP contribution in [0.1, 0.15) is 6.92 Å². The lowest BCUT2D eigenvalue weighted by molar-refractivity contribution is -0.178. The summed E-state index contributed by atoms with van der Waals surface area (Å²) in [5, 5.41) is 45.9. The minimum atomic E-state index is -2.15. The second-order valence-corrected chi connectivity index (χ2v) is 4.96. The molecule has 92 valence electrons. The number of hydrogen-bond donors (Lipinski definition) is 5. The zero-order valence-electron chi connectivity index (χ0n) is 8.60. The number of halogens is 1. The van der Waals surface area contributed by atoms with Crippen molar-refractivity contribution in [2.75, 3.05) is 32.9 Å². The molecule has 0 bridgehead atoms. The van der Waals surface area contributed by atoms with Crippen LogP contribution in [0.2, 0.25) is 0 Å². The van der Waals surface area contributed by atoms with Crippen LogP contribution in [0.25, 0.3) is 0 Å². The molecule has 1 unspecified atom stereocenters. The summed E-state index contributed by atoms with van der Waals surface area (Å²) in [6, 6.07) is 0. The van der Waals surface area contributed by atoms with E-state index in [4.69, 9.17) is 10.2 Å². The maximum absolute atomic E-state index is 9.54. The fourth-order valence-corrected chi connectivity index (χ4v) is 1.76. The molecule has 0 aromatic heterocycles. The van der Waals surface area contributed by atoms with E-state index in [1.165, 1.54) is 34.4 Å². The van der Waals surface area contributed by atoms with E-state index in [1.54, 1.807) is 0 Å². The summed E-state index contributed by atoms with van der Waals surface area (Å²) in [4.78, 5) is 1.43. The van der Waals surface area contributed by atoms with Gasteiger partial charge in [0.05, 0.1) is 19.8 Å². The first-order chi connectivity index (χ1) is 6.83. The summed E-state index contributed by atoms with van der Waals surface area (Å²) in [6.45, 7) is 0.852. The molecule has 0 aromatic rings. The molecule has 0 amide bonds. The molecule has 0 saturated heterocycles. The summed E-state index contributed by atoms with van der Waals surface area (Å²) < 4.78 is -2.15. The topological polar surface area (TPSA) is 104 Å². The van der Waals surface area contributed by atoms with Gasteiger partial charge in [0.25, 0.3) is 0 Å². The molecule has 0 fully saturated rings. The monoisotopic (exact) mass is 335 g/mol. The molecule has 0 rings (SSSR count). The molecule has 6 nitrogen and oxygen atoms in total. The Labute approximate surface area is 102 Å². The second kappa shape index (κ2) is 6.28. The van der Waals surface area contributed by atoms with Gasteiger partial charge in [0, 0.05) is 13.1 Å². The van der Waals surface area contributed by atoms with Gasteiger partial charge in [-0.2, -0.15) is 0 Å². The Balaban J connectivity index is 4.85. The zero-order chi connectivity index (χ0) is 12.1. The number of alkyl halides is 1. The average Bonchev–Trinajstić information content (AvgIpc) is 2.14. The summed E-state index contributed by atoms with van der Waals surface area (Å²) in [7, 11) is 0. The summed E-state index contributed by atoms with van der Waals surface area (Å²) >= 11 is 1.40. The lowest BCUT2D eigenvalue weighted by atomic mass is 10.00. The highest BCUT2D eigenvalue weighted by Crippen LogP contribution is 2.31. The van der Waals surface area contributed by atoms with Gasteiger partial charge in [0.2, 0.25) is 3.79 Å². The Bertz CT molecular complexity index is 180. The van der Waals surface area contributed by atoms with Crippen molar-refractivity contribution in [3.63, 3.8) is 0 Å². The Morgan fingerprint density at radius 2 is 1.47 bits per heavy atom. The van der Waals surface area contributed by atoms with Crippen molar-refractivity contribution in [1.29, 1.82) is 0 Å². The van der Waals surface area contributed by atoms with Crippen LogP contribution in [0.15, 0.2) is 0 Å². The maximum atomic E-state index is 9.54. The molecule has 15 heavy (non-hydrogen) atoms. The van der Waals surface area contributed by atoms with E-state index in [1.807, 2.05) is 0 Å². The van der Waals surface area contributed by atoms with Crippen molar-refractivity contribution >= 4 is 22.6 Å².